The van der Waals surface area contributed by atoms with E-state index in [2.05, 4.69) is 4.98 Å². The molecule has 0 unspecified atom stereocenters. The number of carbonyl (C=O) groups excluding carboxylic acids is 1. The molecule has 0 aliphatic carbocycles. The van der Waals surface area contributed by atoms with E-state index < -0.39 is 15.8 Å². The number of rotatable bonds is 3. The van der Waals surface area contributed by atoms with Crippen molar-refractivity contribution < 1.29 is 17.6 Å². The van der Waals surface area contributed by atoms with Crippen LogP contribution in [0.5, 0.6) is 0 Å². The van der Waals surface area contributed by atoms with Gasteiger partial charge in [-0.25, -0.2) is 12.8 Å². The third kappa shape index (κ3) is 3.04. The quantitative estimate of drug-likeness (QED) is 0.789. The molecule has 0 saturated carbocycles. The van der Waals surface area contributed by atoms with Gasteiger partial charge in [-0.2, -0.15) is 4.31 Å². The highest BCUT2D eigenvalue weighted by molar-refractivity contribution is 7.88. The largest absolute Gasteiger partial charge is 0.368 e. The molecule has 0 bridgehead atoms. The van der Waals surface area contributed by atoms with Crippen molar-refractivity contribution in [3.05, 3.63) is 35.8 Å². The summed E-state index contributed by atoms with van der Waals surface area (Å²) in [5.41, 5.74) is 1.58. The molecule has 23 heavy (non-hydrogen) atoms. The van der Waals surface area contributed by atoms with E-state index in [9.17, 15) is 17.6 Å². The molecule has 1 aliphatic rings. The summed E-state index contributed by atoms with van der Waals surface area (Å²) in [4.78, 5) is 17.4. The second-order valence-electron chi connectivity index (χ2n) is 5.49. The summed E-state index contributed by atoms with van der Waals surface area (Å²) in [6.45, 7) is 1.53. The number of anilines is 1. The second kappa shape index (κ2) is 5.86. The number of fused-ring (bicyclic) bond motifs is 1. The summed E-state index contributed by atoms with van der Waals surface area (Å²) in [5.74, 6) is -0.404. The van der Waals surface area contributed by atoms with Crippen molar-refractivity contribution in [2.75, 3.05) is 37.3 Å². The standard InChI is InChI=1S/C15H16FN3O3S/c1-23(21,22)19-6-4-18(5-7-19)15-11(10-20)9-17-14-3-2-12(16)8-13(14)15/h2-3,8-10H,4-7H2,1H3. The molecule has 2 aromatic rings. The predicted octanol–water partition coefficient (Wildman–Crippen LogP) is 1.27. The van der Waals surface area contributed by atoms with Gasteiger partial charge in [0.1, 0.15) is 5.82 Å². The molecular weight excluding hydrogens is 321 g/mol. The Kier molecular flexibility index (Phi) is 4.03. The van der Waals surface area contributed by atoms with Crippen LogP contribution in [0.15, 0.2) is 24.4 Å². The predicted molar refractivity (Wildman–Crippen MR) is 85.7 cm³/mol. The number of pyridine rings is 1. The molecule has 0 radical (unpaired) electrons. The maximum Gasteiger partial charge on any atom is 0.211 e. The van der Waals surface area contributed by atoms with E-state index in [4.69, 9.17) is 0 Å². The van der Waals surface area contributed by atoms with Crippen molar-refractivity contribution in [2.24, 2.45) is 0 Å². The van der Waals surface area contributed by atoms with Crippen LogP contribution in [0.3, 0.4) is 0 Å². The Morgan fingerprint density at radius 1 is 1.22 bits per heavy atom. The number of hydrogen-bond acceptors (Lipinski definition) is 5. The summed E-state index contributed by atoms with van der Waals surface area (Å²) < 4.78 is 38.2. The monoisotopic (exact) mass is 337 g/mol. The zero-order chi connectivity index (χ0) is 16.6. The first-order valence-corrected chi connectivity index (χ1v) is 8.98. The summed E-state index contributed by atoms with van der Waals surface area (Å²) in [7, 11) is -3.23. The van der Waals surface area contributed by atoms with Gasteiger partial charge in [-0.3, -0.25) is 9.78 Å². The maximum absolute atomic E-state index is 13.6. The van der Waals surface area contributed by atoms with Gasteiger partial charge in [-0.05, 0) is 18.2 Å². The summed E-state index contributed by atoms with van der Waals surface area (Å²) >= 11 is 0. The van der Waals surface area contributed by atoms with Gasteiger partial charge in [0.15, 0.2) is 6.29 Å². The summed E-state index contributed by atoms with van der Waals surface area (Å²) in [6, 6.07) is 4.24. The number of aldehydes is 1. The lowest BCUT2D eigenvalue weighted by Gasteiger charge is -2.35. The molecule has 0 atom stereocenters. The van der Waals surface area contributed by atoms with Crippen molar-refractivity contribution >= 4 is 32.9 Å². The first-order chi connectivity index (χ1) is 10.9. The van der Waals surface area contributed by atoms with Crippen LogP contribution >= 0.6 is 0 Å². The van der Waals surface area contributed by atoms with E-state index >= 15 is 0 Å². The van der Waals surface area contributed by atoms with Crippen molar-refractivity contribution in [2.45, 2.75) is 0 Å². The molecule has 1 aromatic heterocycles. The van der Waals surface area contributed by atoms with Crippen LogP contribution < -0.4 is 4.90 Å². The Labute approximate surface area is 133 Å². The molecule has 2 heterocycles. The van der Waals surface area contributed by atoms with Gasteiger partial charge in [0.25, 0.3) is 0 Å². The van der Waals surface area contributed by atoms with Crippen LogP contribution in [0.2, 0.25) is 0 Å². The zero-order valence-electron chi connectivity index (χ0n) is 12.6. The zero-order valence-corrected chi connectivity index (χ0v) is 13.4. The fourth-order valence-electron chi connectivity index (χ4n) is 2.85. The minimum absolute atomic E-state index is 0.330. The minimum atomic E-state index is -3.23. The topological polar surface area (TPSA) is 70.6 Å². The summed E-state index contributed by atoms with van der Waals surface area (Å²) in [5, 5.41) is 0.558. The van der Waals surface area contributed by atoms with E-state index in [0.717, 1.165) is 0 Å². The van der Waals surface area contributed by atoms with Crippen molar-refractivity contribution in [3.8, 4) is 0 Å². The van der Waals surface area contributed by atoms with Crippen LogP contribution in [-0.2, 0) is 10.0 Å². The molecule has 1 fully saturated rings. The average molecular weight is 337 g/mol. The molecular formula is C15H16FN3O3S. The molecule has 6 nitrogen and oxygen atoms in total. The highest BCUT2D eigenvalue weighted by Crippen LogP contribution is 2.30. The Bertz CT molecular complexity index is 862. The van der Waals surface area contributed by atoms with E-state index in [1.807, 2.05) is 4.90 Å². The minimum Gasteiger partial charge on any atom is -0.368 e. The van der Waals surface area contributed by atoms with Gasteiger partial charge in [0.2, 0.25) is 10.0 Å². The second-order valence-corrected chi connectivity index (χ2v) is 7.47. The van der Waals surface area contributed by atoms with Crippen LogP contribution in [0, 0.1) is 5.82 Å². The lowest BCUT2D eigenvalue weighted by Crippen LogP contribution is -2.48. The number of hydrogen-bond donors (Lipinski definition) is 0. The van der Waals surface area contributed by atoms with Crippen molar-refractivity contribution in [1.82, 2.24) is 9.29 Å². The number of aromatic nitrogens is 1. The van der Waals surface area contributed by atoms with Crippen LogP contribution in [-0.4, -0.2) is 56.4 Å². The highest BCUT2D eigenvalue weighted by Gasteiger charge is 2.26. The molecule has 122 valence electrons. The van der Waals surface area contributed by atoms with Gasteiger partial charge >= 0.3 is 0 Å². The fraction of sp³-hybridized carbons (Fsp3) is 0.333. The highest BCUT2D eigenvalue weighted by atomic mass is 32.2. The number of halogens is 1. The molecule has 8 heteroatoms. The number of benzene rings is 1. The Balaban J connectivity index is 2.02. The maximum atomic E-state index is 13.6. The molecule has 0 N–H and O–H groups in total. The summed E-state index contributed by atoms with van der Waals surface area (Å²) in [6.07, 6.45) is 3.33. The SMILES string of the molecule is CS(=O)(=O)N1CCN(c2c(C=O)cnc3ccc(F)cc23)CC1. The van der Waals surface area contributed by atoms with Gasteiger partial charge in [0.05, 0.1) is 23.0 Å². The number of nitrogens with zero attached hydrogens (tertiary/aromatic N) is 3. The van der Waals surface area contributed by atoms with E-state index in [-0.39, 0.29) is 0 Å². The van der Waals surface area contributed by atoms with Gasteiger partial charge in [0, 0.05) is 37.8 Å². The lowest BCUT2D eigenvalue weighted by molar-refractivity contribution is 0.112. The van der Waals surface area contributed by atoms with Crippen molar-refractivity contribution in [3.63, 3.8) is 0 Å². The van der Waals surface area contributed by atoms with Gasteiger partial charge in [-0.15, -0.1) is 0 Å². The fourth-order valence-corrected chi connectivity index (χ4v) is 3.68. The van der Waals surface area contributed by atoms with E-state index in [1.165, 1.54) is 28.9 Å². The van der Waals surface area contributed by atoms with E-state index in [1.54, 1.807) is 6.07 Å². The molecule has 3 rings (SSSR count). The van der Waals surface area contributed by atoms with Crippen LogP contribution in [0.4, 0.5) is 10.1 Å². The lowest BCUT2D eigenvalue weighted by atomic mass is 10.1. The first kappa shape index (κ1) is 15.8. The molecule has 1 aliphatic heterocycles. The Morgan fingerprint density at radius 2 is 1.91 bits per heavy atom. The number of sulfonamides is 1. The number of piperazine rings is 1. The third-order valence-electron chi connectivity index (χ3n) is 3.98. The Morgan fingerprint density at radius 3 is 2.52 bits per heavy atom. The average Bonchev–Trinajstić information content (AvgIpc) is 2.53. The molecule has 0 spiro atoms. The Hall–Kier alpha value is -2.06. The van der Waals surface area contributed by atoms with E-state index in [0.29, 0.717) is 54.6 Å². The molecule has 1 saturated heterocycles. The van der Waals surface area contributed by atoms with Crippen LogP contribution in [0.25, 0.3) is 10.9 Å². The third-order valence-corrected chi connectivity index (χ3v) is 5.28. The normalized spacial score (nSPS) is 16.7. The smallest absolute Gasteiger partial charge is 0.211 e. The number of carbonyl (C=O) groups is 1. The van der Waals surface area contributed by atoms with Crippen LogP contribution in [0.1, 0.15) is 10.4 Å². The first-order valence-electron chi connectivity index (χ1n) is 7.13. The van der Waals surface area contributed by atoms with Crippen molar-refractivity contribution in [1.29, 1.82) is 0 Å². The van der Waals surface area contributed by atoms with Gasteiger partial charge in [-0.1, -0.05) is 0 Å². The molecule has 1 aromatic carbocycles. The molecule has 0 amide bonds. The van der Waals surface area contributed by atoms with Gasteiger partial charge < -0.3 is 4.90 Å².